The average molecular weight is 314 g/mol. The minimum absolute atomic E-state index is 0.00593. The van der Waals surface area contributed by atoms with Crippen LogP contribution >= 0.6 is 0 Å². The molecule has 1 amide bonds. The summed E-state index contributed by atoms with van der Waals surface area (Å²) in [6.07, 6.45) is -0.247. The van der Waals surface area contributed by atoms with E-state index in [9.17, 15) is 19.8 Å². The zero-order valence-electron chi connectivity index (χ0n) is 13.1. The fourth-order valence-electron chi connectivity index (χ4n) is 1.56. The number of nitrogens with zero attached hydrogens (tertiary/aromatic N) is 1. The molecule has 0 saturated carbocycles. The summed E-state index contributed by atoms with van der Waals surface area (Å²) >= 11 is 0. The quantitative estimate of drug-likeness (QED) is 0.760. The molecular weight excluding hydrogens is 292 g/mol. The van der Waals surface area contributed by atoms with Crippen molar-refractivity contribution in [2.75, 3.05) is 0 Å². The minimum Gasteiger partial charge on any atom is -0.492 e. The lowest BCUT2D eigenvalue weighted by Gasteiger charge is -2.21. The molecule has 0 aliphatic heterocycles. The maximum atomic E-state index is 11.6. The van der Waals surface area contributed by atoms with Crippen molar-refractivity contribution in [3.63, 3.8) is 0 Å². The number of hydrogen-bond donors (Lipinski definition) is 3. The third-order valence-corrected chi connectivity index (χ3v) is 2.54. The lowest BCUT2D eigenvalue weighted by Crippen LogP contribution is -2.38. The van der Waals surface area contributed by atoms with Crippen LogP contribution in [-0.2, 0) is 9.53 Å². The minimum atomic E-state index is -0.653. The summed E-state index contributed by atoms with van der Waals surface area (Å²) in [7, 11) is 0. The van der Waals surface area contributed by atoms with Crippen molar-refractivity contribution < 1.29 is 29.4 Å². The molecule has 1 rings (SSSR count). The topological polar surface area (TPSA) is 110 Å². The monoisotopic (exact) mass is 314 g/mol. The summed E-state index contributed by atoms with van der Waals surface area (Å²) in [5, 5.41) is 21.3. The van der Waals surface area contributed by atoms with Gasteiger partial charge in [-0.2, -0.15) is 0 Å². The van der Waals surface area contributed by atoms with Crippen molar-refractivity contribution in [1.29, 1.82) is 0 Å². The van der Waals surface area contributed by atoms with E-state index in [1.807, 2.05) is 0 Å². The highest BCUT2D eigenvalue weighted by molar-refractivity contribution is 5.70. The Bertz CT molecular complexity index is 512. The third kappa shape index (κ3) is 5.94. The van der Waals surface area contributed by atoms with Crippen molar-refractivity contribution in [2.24, 2.45) is 0 Å². The van der Waals surface area contributed by atoms with Crippen molar-refractivity contribution in [3.8, 4) is 11.8 Å². The van der Waals surface area contributed by atoms with Crippen LogP contribution in [0.25, 0.3) is 0 Å². The molecule has 1 aromatic heterocycles. The molecule has 0 spiro atoms. The van der Waals surface area contributed by atoms with Crippen LogP contribution < -0.4 is 10.2 Å². The van der Waals surface area contributed by atoms with Crippen LogP contribution in [0.5, 0.6) is 11.8 Å². The second-order valence-corrected chi connectivity index (χ2v) is 5.89. The number of carbonyl (C=O) groups excluding carboxylic acids is 2. The lowest BCUT2D eigenvalue weighted by atomic mass is 10.2. The van der Waals surface area contributed by atoms with Crippen molar-refractivity contribution in [2.45, 2.75) is 52.2 Å². The van der Waals surface area contributed by atoms with E-state index in [-0.39, 0.29) is 24.2 Å². The van der Waals surface area contributed by atoms with Crippen LogP contribution in [0, 0.1) is 0 Å². The van der Waals surface area contributed by atoms with Gasteiger partial charge in [0, 0.05) is 24.6 Å². The Morgan fingerprint density at radius 1 is 1.27 bits per heavy atom. The summed E-state index contributed by atoms with van der Waals surface area (Å²) in [5.74, 6) is -1.42. The van der Waals surface area contributed by atoms with Gasteiger partial charge in [0.2, 0.25) is 11.8 Å². The van der Waals surface area contributed by atoms with E-state index in [4.69, 9.17) is 9.57 Å². The van der Waals surface area contributed by atoms with Gasteiger partial charge in [0.1, 0.15) is 5.60 Å². The Hall–Kier alpha value is -2.38. The van der Waals surface area contributed by atoms with Gasteiger partial charge in [-0.05, 0) is 34.1 Å². The smallest absolute Gasteiger partial charge is 0.407 e. The molecular formula is C14H22N2O6. The Morgan fingerprint density at radius 3 is 2.32 bits per heavy atom. The van der Waals surface area contributed by atoms with Gasteiger partial charge in [-0.25, -0.2) is 9.59 Å². The SMILES string of the molecule is CC(CCC(=O)On1c(O)ccc1O)NC(=O)OC(C)(C)C. The number of ether oxygens (including phenoxy) is 1. The molecule has 0 bridgehead atoms. The first kappa shape index (κ1) is 17.7. The van der Waals surface area contributed by atoms with Crippen LogP contribution in [0.1, 0.15) is 40.5 Å². The van der Waals surface area contributed by atoms with Gasteiger partial charge in [-0.15, -0.1) is 4.73 Å². The molecule has 0 aliphatic carbocycles. The lowest BCUT2D eigenvalue weighted by molar-refractivity contribution is -0.145. The molecule has 1 heterocycles. The second-order valence-electron chi connectivity index (χ2n) is 5.89. The van der Waals surface area contributed by atoms with Gasteiger partial charge in [-0.3, -0.25) is 0 Å². The fraction of sp³-hybridized carbons (Fsp3) is 0.571. The number of carbonyl (C=O) groups is 2. The number of aromatic nitrogens is 1. The standard InChI is InChI=1S/C14H22N2O6/c1-9(15-13(20)21-14(2,3)4)5-8-12(19)22-16-10(17)6-7-11(16)18/h6-7,9,17-18H,5,8H2,1-4H3,(H,15,20). The second kappa shape index (κ2) is 7.06. The molecule has 0 radical (unpaired) electrons. The van der Waals surface area contributed by atoms with E-state index in [1.165, 1.54) is 12.1 Å². The summed E-state index contributed by atoms with van der Waals surface area (Å²) in [4.78, 5) is 27.9. The molecule has 22 heavy (non-hydrogen) atoms. The number of rotatable bonds is 5. The van der Waals surface area contributed by atoms with Gasteiger partial charge in [0.15, 0.2) is 0 Å². The highest BCUT2D eigenvalue weighted by Gasteiger charge is 2.19. The van der Waals surface area contributed by atoms with Gasteiger partial charge in [0.05, 0.1) is 0 Å². The first-order chi connectivity index (χ1) is 10.1. The number of nitrogens with one attached hydrogen (secondary N) is 1. The maximum Gasteiger partial charge on any atom is 0.407 e. The van der Waals surface area contributed by atoms with Crippen molar-refractivity contribution in [1.82, 2.24) is 10.0 Å². The predicted octanol–water partition coefficient (Wildman–Crippen LogP) is 1.55. The summed E-state index contributed by atoms with van der Waals surface area (Å²) in [6.45, 7) is 6.99. The van der Waals surface area contributed by atoms with E-state index in [0.717, 1.165) is 0 Å². The third-order valence-electron chi connectivity index (χ3n) is 2.54. The summed E-state index contributed by atoms with van der Waals surface area (Å²) in [5.41, 5.74) is -0.591. The molecule has 0 saturated heterocycles. The van der Waals surface area contributed by atoms with Crippen LogP contribution in [0.4, 0.5) is 4.79 Å². The van der Waals surface area contributed by atoms with Gasteiger partial charge < -0.3 is 25.1 Å². The Labute approximate surface area is 128 Å². The van der Waals surface area contributed by atoms with Crippen LogP contribution in [0.3, 0.4) is 0 Å². The normalized spacial score (nSPS) is 12.5. The van der Waals surface area contributed by atoms with Crippen LogP contribution in [0.15, 0.2) is 12.1 Å². The van der Waals surface area contributed by atoms with Gasteiger partial charge in [0.25, 0.3) is 0 Å². The number of aromatic hydroxyl groups is 2. The van der Waals surface area contributed by atoms with E-state index in [2.05, 4.69) is 5.32 Å². The molecule has 0 fully saturated rings. The predicted molar refractivity (Wildman–Crippen MR) is 77.4 cm³/mol. The van der Waals surface area contributed by atoms with Crippen LogP contribution in [-0.4, -0.2) is 38.6 Å². The zero-order valence-corrected chi connectivity index (χ0v) is 13.1. The first-order valence-corrected chi connectivity index (χ1v) is 6.89. The van der Waals surface area contributed by atoms with Crippen molar-refractivity contribution >= 4 is 12.1 Å². The molecule has 8 nitrogen and oxygen atoms in total. The van der Waals surface area contributed by atoms with E-state index in [0.29, 0.717) is 11.2 Å². The summed E-state index contributed by atoms with van der Waals surface area (Å²) < 4.78 is 5.71. The molecule has 3 N–H and O–H groups in total. The Morgan fingerprint density at radius 2 is 1.82 bits per heavy atom. The van der Waals surface area contributed by atoms with E-state index in [1.54, 1.807) is 27.7 Å². The Balaban J connectivity index is 2.36. The molecule has 1 aromatic rings. The highest BCUT2D eigenvalue weighted by atomic mass is 16.7. The number of amides is 1. The molecule has 1 unspecified atom stereocenters. The van der Waals surface area contributed by atoms with Crippen LogP contribution in [0.2, 0.25) is 0 Å². The fourth-order valence-corrected chi connectivity index (χ4v) is 1.56. The largest absolute Gasteiger partial charge is 0.492 e. The molecule has 0 aliphatic rings. The van der Waals surface area contributed by atoms with Gasteiger partial charge >= 0.3 is 12.1 Å². The molecule has 1 atom stereocenters. The first-order valence-electron chi connectivity index (χ1n) is 6.89. The maximum absolute atomic E-state index is 11.6. The molecule has 124 valence electrons. The number of alkyl carbamates (subject to hydrolysis) is 1. The molecule has 8 heteroatoms. The van der Waals surface area contributed by atoms with Gasteiger partial charge in [-0.1, -0.05) is 0 Å². The number of hydrogen-bond acceptors (Lipinski definition) is 6. The highest BCUT2D eigenvalue weighted by Crippen LogP contribution is 2.19. The van der Waals surface area contributed by atoms with E-state index < -0.39 is 17.7 Å². The van der Waals surface area contributed by atoms with E-state index >= 15 is 0 Å². The molecule has 0 aromatic carbocycles. The summed E-state index contributed by atoms with van der Waals surface area (Å²) in [6, 6.07) is 2.08. The average Bonchev–Trinajstić information content (AvgIpc) is 2.65. The Kier molecular flexibility index (Phi) is 5.67. The zero-order chi connectivity index (χ0) is 16.9. The van der Waals surface area contributed by atoms with Crippen molar-refractivity contribution in [3.05, 3.63) is 12.1 Å².